The molecule has 0 radical (unpaired) electrons. The highest BCUT2D eigenvalue weighted by Gasteiger charge is 1.99. The maximum Gasteiger partial charge on any atom is 0.205 e. The maximum absolute atomic E-state index is 5.24. The van der Waals surface area contributed by atoms with Gasteiger partial charge in [-0.25, -0.2) is 5.84 Å². The first kappa shape index (κ1) is 11.0. The Morgan fingerprint density at radius 3 is 2.71 bits per heavy atom. The molecule has 1 heterocycles. The Kier molecular flexibility index (Phi) is 4.42. The lowest BCUT2D eigenvalue weighted by Gasteiger charge is -2.05. The molecule has 0 fully saturated rings. The number of hydrogen-bond acceptors (Lipinski definition) is 3. The number of nitrogens with one attached hydrogen (secondary N) is 2. The van der Waals surface area contributed by atoms with Crippen LogP contribution in [0.2, 0.25) is 0 Å². The van der Waals surface area contributed by atoms with E-state index >= 15 is 0 Å². The van der Waals surface area contributed by atoms with Crippen LogP contribution in [0.5, 0.6) is 0 Å². The molecule has 0 saturated carbocycles. The number of nitrogens with zero attached hydrogens (tertiary/aromatic N) is 1. The van der Waals surface area contributed by atoms with Crippen molar-refractivity contribution in [2.45, 2.75) is 19.9 Å². The molecule has 1 rings (SSSR count). The highest BCUT2D eigenvalue weighted by molar-refractivity contribution is 7.11. The molecule has 0 atom stereocenters. The monoisotopic (exact) mass is 212 g/mol. The van der Waals surface area contributed by atoms with Gasteiger partial charge in [-0.3, -0.25) is 10.4 Å². The van der Waals surface area contributed by atoms with E-state index in [1.807, 2.05) is 11.3 Å². The van der Waals surface area contributed by atoms with Crippen molar-refractivity contribution in [3.63, 3.8) is 0 Å². The summed E-state index contributed by atoms with van der Waals surface area (Å²) in [5.74, 6) is 5.85. The molecule has 0 aliphatic heterocycles. The van der Waals surface area contributed by atoms with Crippen LogP contribution in [0.15, 0.2) is 17.1 Å². The van der Waals surface area contributed by atoms with Crippen LogP contribution in [0.25, 0.3) is 0 Å². The molecule has 0 bridgehead atoms. The highest BCUT2D eigenvalue weighted by Crippen LogP contribution is 2.16. The van der Waals surface area contributed by atoms with E-state index in [4.69, 9.17) is 5.84 Å². The number of nitrogens with two attached hydrogens (primary N) is 1. The molecular weight excluding hydrogens is 196 g/mol. The minimum absolute atomic E-state index is 0.608. The smallest absolute Gasteiger partial charge is 0.205 e. The van der Waals surface area contributed by atoms with Gasteiger partial charge in [0.05, 0.1) is 6.54 Å². The predicted octanol–water partition coefficient (Wildman–Crippen LogP) is 0.849. The SMILES string of the molecule is CCc1ccc(CNC(=NC)NN)s1. The molecule has 1 aromatic heterocycles. The van der Waals surface area contributed by atoms with E-state index in [-0.39, 0.29) is 0 Å². The van der Waals surface area contributed by atoms with E-state index in [1.54, 1.807) is 7.05 Å². The summed E-state index contributed by atoms with van der Waals surface area (Å²) in [7, 11) is 1.69. The summed E-state index contributed by atoms with van der Waals surface area (Å²) in [6.45, 7) is 2.92. The van der Waals surface area contributed by atoms with Gasteiger partial charge in [-0.2, -0.15) is 0 Å². The number of guanidine groups is 1. The van der Waals surface area contributed by atoms with Crippen molar-refractivity contribution in [3.05, 3.63) is 21.9 Å². The fourth-order valence-electron chi connectivity index (χ4n) is 1.07. The fraction of sp³-hybridized carbons (Fsp3) is 0.444. The zero-order valence-electron chi connectivity index (χ0n) is 8.50. The van der Waals surface area contributed by atoms with Gasteiger partial charge in [0.1, 0.15) is 0 Å². The molecule has 4 N–H and O–H groups in total. The number of hydrazine groups is 1. The summed E-state index contributed by atoms with van der Waals surface area (Å²) in [6, 6.07) is 4.28. The Morgan fingerprint density at radius 2 is 2.21 bits per heavy atom. The van der Waals surface area contributed by atoms with Crippen LogP contribution in [0.4, 0.5) is 0 Å². The largest absolute Gasteiger partial charge is 0.350 e. The maximum atomic E-state index is 5.24. The molecule has 14 heavy (non-hydrogen) atoms. The molecule has 1 aromatic rings. The molecular formula is C9H16N4S. The molecule has 0 saturated heterocycles. The Hall–Kier alpha value is -1.07. The van der Waals surface area contributed by atoms with Crippen molar-refractivity contribution in [2.24, 2.45) is 10.8 Å². The minimum Gasteiger partial charge on any atom is -0.350 e. The second-order valence-corrected chi connectivity index (χ2v) is 4.04. The minimum atomic E-state index is 0.608. The molecule has 0 aliphatic rings. The Morgan fingerprint density at radius 1 is 1.50 bits per heavy atom. The van der Waals surface area contributed by atoms with Gasteiger partial charge in [-0.15, -0.1) is 11.3 Å². The molecule has 5 heteroatoms. The topological polar surface area (TPSA) is 62.4 Å². The second kappa shape index (κ2) is 5.62. The molecule has 4 nitrogen and oxygen atoms in total. The molecule has 0 unspecified atom stereocenters. The summed E-state index contributed by atoms with van der Waals surface area (Å²) < 4.78 is 0. The number of rotatable bonds is 3. The van der Waals surface area contributed by atoms with Crippen molar-refractivity contribution >= 4 is 17.3 Å². The van der Waals surface area contributed by atoms with Gasteiger partial charge in [-0.1, -0.05) is 6.92 Å². The van der Waals surface area contributed by atoms with E-state index in [0.29, 0.717) is 5.96 Å². The zero-order valence-corrected chi connectivity index (χ0v) is 9.32. The molecule has 0 spiro atoms. The van der Waals surface area contributed by atoms with E-state index in [0.717, 1.165) is 13.0 Å². The fourth-order valence-corrected chi connectivity index (χ4v) is 1.97. The average Bonchev–Trinajstić information content (AvgIpc) is 2.67. The highest BCUT2D eigenvalue weighted by atomic mass is 32.1. The molecule has 78 valence electrons. The van der Waals surface area contributed by atoms with Gasteiger partial charge < -0.3 is 5.32 Å². The summed E-state index contributed by atoms with van der Waals surface area (Å²) >= 11 is 1.81. The lowest BCUT2D eigenvalue weighted by molar-refractivity contribution is 0.850. The number of aliphatic imine (C=N–C) groups is 1. The van der Waals surface area contributed by atoms with Crippen molar-refractivity contribution in [3.8, 4) is 0 Å². The summed E-state index contributed by atoms with van der Waals surface area (Å²) in [5, 5.41) is 3.10. The molecule has 0 amide bonds. The van der Waals surface area contributed by atoms with Crippen LogP contribution in [-0.4, -0.2) is 13.0 Å². The van der Waals surface area contributed by atoms with Gasteiger partial charge in [0.25, 0.3) is 0 Å². The standard InChI is InChI=1S/C9H16N4S/c1-3-7-4-5-8(14-7)6-12-9(11-2)13-10/h4-5H,3,6,10H2,1-2H3,(H2,11,12,13). The number of aryl methyl sites for hydroxylation is 1. The summed E-state index contributed by atoms with van der Waals surface area (Å²) in [5.41, 5.74) is 2.49. The Bertz CT molecular complexity index is 306. The van der Waals surface area contributed by atoms with Crippen LogP contribution < -0.4 is 16.6 Å². The average molecular weight is 212 g/mol. The molecule has 0 aromatic carbocycles. The van der Waals surface area contributed by atoms with Crippen LogP contribution in [0.3, 0.4) is 0 Å². The van der Waals surface area contributed by atoms with Gasteiger partial charge >= 0.3 is 0 Å². The van der Waals surface area contributed by atoms with Gasteiger partial charge in [0.2, 0.25) is 5.96 Å². The second-order valence-electron chi connectivity index (χ2n) is 2.79. The van der Waals surface area contributed by atoms with Crippen molar-refractivity contribution in [2.75, 3.05) is 7.05 Å². The van der Waals surface area contributed by atoms with E-state index < -0.39 is 0 Å². The lowest BCUT2D eigenvalue weighted by atomic mass is 10.4. The third-order valence-electron chi connectivity index (χ3n) is 1.86. The third-order valence-corrected chi connectivity index (χ3v) is 3.09. The van der Waals surface area contributed by atoms with Crippen molar-refractivity contribution in [1.82, 2.24) is 10.7 Å². The van der Waals surface area contributed by atoms with Crippen LogP contribution in [0.1, 0.15) is 16.7 Å². The van der Waals surface area contributed by atoms with E-state index in [1.165, 1.54) is 9.75 Å². The van der Waals surface area contributed by atoms with E-state index in [9.17, 15) is 0 Å². The first-order valence-electron chi connectivity index (χ1n) is 4.55. The zero-order chi connectivity index (χ0) is 10.4. The third kappa shape index (κ3) is 3.01. The lowest BCUT2D eigenvalue weighted by Crippen LogP contribution is -2.40. The van der Waals surface area contributed by atoms with Crippen molar-refractivity contribution in [1.29, 1.82) is 0 Å². The van der Waals surface area contributed by atoms with Gasteiger partial charge in [-0.05, 0) is 18.6 Å². The predicted molar refractivity (Wildman–Crippen MR) is 61.2 cm³/mol. The van der Waals surface area contributed by atoms with Gasteiger partial charge in [0, 0.05) is 16.8 Å². The van der Waals surface area contributed by atoms with E-state index in [2.05, 4.69) is 34.8 Å². The number of thiophene rings is 1. The first-order chi connectivity index (χ1) is 6.80. The first-order valence-corrected chi connectivity index (χ1v) is 5.36. The van der Waals surface area contributed by atoms with Crippen LogP contribution in [-0.2, 0) is 13.0 Å². The Labute approximate surface area is 88.2 Å². The quantitative estimate of drug-likeness (QED) is 0.301. The van der Waals surface area contributed by atoms with Crippen LogP contribution >= 0.6 is 11.3 Å². The van der Waals surface area contributed by atoms with Gasteiger partial charge in [0.15, 0.2) is 0 Å². The number of hydrogen-bond donors (Lipinski definition) is 3. The van der Waals surface area contributed by atoms with Crippen LogP contribution in [0, 0.1) is 0 Å². The Balaban J connectivity index is 2.45. The molecule has 0 aliphatic carbocycles. The van der Waals surface area contributed by atoms with Crippen molar-refractivity contribution < 1.29 is 0 Å². The normalized spacial score (nSPS) is 11.5. The summed E-state index contributed by atoms with van der Waals surface area (Å²) in [4.78, 5) is 6.61. The summed E-state index contributed by atoms with van der Waals surface area (Å²) in [6.07, 6.45) is 1.09.